The van der Waals surface area contributed by atoms with Crippen LogP contribution in [0.2, 0.25) is 0 Å². The molecule has 0 aromatic heterocycles. The van der Waals surface area contributed by atoms with Crippen LogP contribution in [-0.4, -0.2) is 37.2 Å². The number of azide groups is 1. The van der Waals surface area contributed by atoms with E-state index in [1.54, 1.807) is 0 Å². The van der Waals surface area contributed by atoms with E-state index in [0.717, 1.165) is 24.3 Å². The zero-order chi connectivity index (χ0) is 18.3. The van der Waals surface area contributed by atoms with E-state index in [9.17, 15) is 23.6 Å². The molecule has 2 atom stereocenters. The van der Waals surface area contributed by atoms with Gasteiger partial charge in [-0.05, 0) is 30.0 Å². The van der Waals surface area contributed by atoms with Crippen molar-refractivity contribution in [3.05, 3.63) is 44.8 Å². The Morgan fingerprint density at radius 1 is 1.38 bits per heavy atom. The number of aliphatic hydroxyl groups excluding tert-OH is 1. The molecule has 0 spiro atoms. The summed E-state index contributed by atoms with van der Waals surface area (Å²) < 4.78 is 28.8. The molecule has 1 rings (SSSR count). The van der Waals surface area contributed by atoms with Gasteiger partial charge in [-0.25, -0.2) is 0 Å². The van der Waals surface area contributed by atoms with E-state index in [-0.39, 0.29) is 16.5 Å². The first-order chi connectivity index (χ1) is 11.2. The molecule has 24 heavy (non-hydrogen) atoms. The van der Waals surface area contributed by atoms with Gasteiger partial charge in [0.2, 0.25) is 0 Å². The number of nitro groups is 1. The minimum absolute atomic E-state index is 0.126. The van der Waals surface area contributed by atoms with Gasteiger partial charge in [-0.1, -0.05) is 19.0 Å². The lowest BCUT2D eigenvalue weighted by molar-refractivity contribution is -0.384. The SMILES string of the molecule is CC(C)C[C@H](N=[N+]=[N-])[C@H](O)COS(=O)(=O)c1ccc([N+](=O)[O-])cc1. The second-order valence-electron chi connectivity index (χ2n) is 5.46. The molecule has 0 heterocycles. The van der Waals surface area contributed by atoms with Gasteiger partial charge in [0.15, 0.2) is 0 Å². The molecule has 10 nitrogen and oxygen atoms in total. The van der Waals surface area contributed by atoms with Crippen molar-refractivity contribution in [2.75, 3.05) is 6.61 Å². The highest BCUT2D eigenvalue weighted by Crippen LogP contribution is 2.19. The normalized spacial score (nSPS) is 14.0. The fraction of sp³-hybridized carbons (Fsp3) is 0.538. The first-order valence-electron chi connectivity index (χ1n) is 7.03. The molecule has 0 fully saturated rings. The Bertz CT molecular complexity index is 712. The maximum atomic E-state index is 12.0. The molecule has 1 aromatic rings. The first-order valence-corrected chi connectivity index (χ1v) is 8.44. The zero-order valence-corrected chi connectivity index (χ0v) is 14.0. The average molecular weight is 358 g/mol. The molecule has 0 aliphatic carbocycles. The summed E-state index contributed by atoms with van der Waals surface area (Å²) >= 11 is 0. The molecule has 0 saturated heterocycles. The maximum Gasteiger partial charge on any atom is 0.297 e. The molecule has 0 saturated carbocycles. The van der Waals surface area contributed by atoms with Crippen molar-refractivity contribution in [2.24, 2.45) is 11.0 Å². The van der Waals surface area contributed by atoms with Crippen LogP contribution in [0.1, 0.15) is 20.3 Å². The summed E-state index contributed by atoms with van der Waals surface area (Å²) in [6.07, 6.45) is -0.928. The third-order valence-corrected chi connectivity index (χ3v) is 4.38. The van der Waals surface area contributed by atoms with E-state index in [4.69, 9.17) is 9.71 Å². The Kier molecular flexibility index (Phi) is 7.11. The first kappa shape index (κ1) is 19.8. The second-order valence-corrected chi connectivity index (χ2v) is 7.07. The van der Waals surface area contributed by atoms with Crippen LogP contribution in [0.3, 0.4) is 0 Å². The van der Waals surface area contributed by atoms with Crippen LogP contribution in [0, 0.1) is 16.0 Å². The fourth-order valence-electron chi connectivity index (χ4n) is 1.90. The molecule has 1 N–H and O–H groups in total. The predicted molar refractivity (Wildman–Crippen MR) is 84.6 cm³/mol. The Labute approximate surface area is 139 Å². The summed E-state index contributed by atoms with van der Waals surface area (Å²) in [7, 11) is -4.19. The Balaban J connectivity index is 2.79. The topological polar surface area (TPSA) is 156 Å². The summed E-state index contributed by atoms with van der Waals surface area (Å²) in [4.78, 5) is 12.3. The van der Waals surface area contributed by atoms with Gasteiger partial charge in [0.25, 0.3) is 15.8 Å². The molecule has 0 unspecified atom stereocenters. The zero-order valence-electron chi connectivity index (χ0n) is 13.1. The standard InChI is InChI=1S/C13H18N4O6S/c1-9(2)7-12(15-16-14)13(18)8-23-24(21,22)11-5-3-10(4-6-11)17(19)20/h3-6,9,12-13,18H,7-8H2,1-2H3/t12-,13+/m0/s1. The van der Waals surface area contributed by atoms with Gasteiger partial charge in [0, 0.05) is 17.0 Å². The number of rotatable bonds is 9. The average Bonchev–Trinajstić information content (AvgIpc) is 2.52. The van der Waals surface area contributed by atoms with Crippen molar-refractivity contribution < 1.29 is 22.6 Å². The Morgan fingerprint density at radius 2 is 1.96 bits per heavy atom. The number of hydrogen-bond donors (Lipinski definition) is 1. The minimum Gasteiger partial charge on any atom is -0.390 e. The predicted octanol–water partition coefficient (Wildman–Crippen LogP) is 2.39. The van der Waals surface area contributed by atoms with Crippen LogP contribution in [0.15, 0.2) is 34.3 Å². The van der Waals surface area contributed by atoms with E-state index in [1.165, 1.54) is 0 Å². The van der Waals surface area contributed by atoms with Crippen LogP contribution in [-0.2, 0) is 14.3 Å². The number of nitrogens with zero attached hydrogens (tertiary/aromatic N) is 4. The van der Waals surface area contributed by atoms with Crippen molar-refractivity contribution in [1.82, 2.24) is 0 Å². The molecular weight excluding hydrogens is 340 g/mol. The fourth-order valence-corrected chi connectivity index (χ4v) is 2.83. The van der Waals surface area contributed by atoms with Gasteiger partial charge in [0.1, 0.15) is 0 Å². The highest BCUT2D eigenvalue weighted by atomic mass is 32.2. The molecule has 0 amide bonds. The van der Waals surface area contributed by atoms with Crippen LogP contribution in [0.25, 0.3) is 10.4 Å². The third-order valence-electron chi connectivity index (χ3n) is 3.09. The van der Waals surface area contributed by atoms with E-state index >= 15 is 0 Å². The van der Waals surface area contributed by atoms with E-state index in [2.05, 4.69) is 10.0 Å². The summed E-state index contributed by atoms with van der Waals surface area (Å²) in [5.41, 5.74) is 8.25. The lowest BCUT2D eigenvalue weighted by Gasteiger charge is -2.19. The van der Waals surface area contributed by atoms with Crippen LogP contribution < -0.4 is 0 Å². The Morgan fingerprint density at radius 3 is 2.42 bits per heavy atom. The molecular formula is C13H18N4O6S. The van der Waals surface area contributed by atoms with Crippen LogP contribution in [0.5, 0.6) is 0 Å². The van der Waals surface area contributed by atoms with Gasteiger partial charge in [-0.2, -0.15) is 8.42 Å². The van der Waals surface area contributed by atoms with E-state index < -0.39 is 33.8 Å². The van der Waals surface area contributed by atoms with Gasteiger partial charge in [0.05, 0.1) is 28.6 Å². The monoisotopic (exact) mass is 358 g/mol. The van der Waals surface area contributed by atoms with E-state index in [1.807, 2.05) is 13.8 Å². The number of hydrogen-bond acceptors (Lipinski definition) is 7. The molecule has 0 aliphatic rings. The number of aliphatic hydroxyl groups is 1. The highest BCUT2D eigenvalue weighted by Gasteiger charge is 2.24. The third kappa shape index (κ3) is 5.78. The summed E-state index contributed by atoms with van der Waals surface area (Å²) in [5, 5.41) is 24.0. The van der Waals surface area contributed by atoms with Gasteiger partial charge >= 0.3 is 0 Å². The van der Waals surface area contributed by atoms with Crippen molar-refractivity contribution in [3.63, 3.8) is 0 Å². The van der Waals surface area contributed by atoms with Crippen molar-refractivity contribution >= 4 is 15.8 Å². The molecule has 0 aliphatic heterocycles. The maximum absolute atomic E-state index is 12.0. The lowest BCUT2D eigenvalue weighted by Crippen LogP contribution is -2.31. The number of nitro benzene ring substituents is 1. The molecule has 132 valence electrons. The van der Waals surface area contributed by atoms with Crippen LogP contribution >= 0.6 is 0 Å². The smallest absolute Gasteiger partial charge is 0.297 e. The minimum atomic E-state index is -4.19. The van der Waals surface area contributed by atoms with Crippen molar-refractivity contribution in [1.29, 1.82) is 0 Å². The molecule has 0 radical (unpaired) electrons. The Hall–Kier alpha value is -2.20. The van der Waals surface area contributed by atoms with Gasteiger partial charge in [-0.3, -0.25) is 14.3 Å². The molecule has 1 aromatic carbocycles. The second kappa shape index (κ2) is 8.60. The molecule has 11 heteroatoms. The lowest BCUT2D eigenvalue weighted by atomic mass is 10.0. The van der Waals surface area contributed by atoms with E-state index in [0.29, 0.717) is 6.42 Å². The van der Waals surface area contributed by atoms with Crippen molar-refractivity contribution in [2.45, 2.75) is 37.3 Å². The van der Waals surface area contributed by atoms with Gasteiger partial charge in [-0.15, -0.1) is 0 Å². The summed E-state index contributed by atoms with van der Waals surface area (Å²) in [5.74, 6) is 0.126. The quantitative estimate of drug-likeness (QED) is 0.178. The van der Waals surface area contributed by atoms with Crippen molar-refractivity contribution in [3.8, 4) is 0 Å². The number of benzene rings is 1. The highest BCUT2D eigenvalue weighted by molar-refractivity contribution is 7.86. The molecule has 0 bridgehead atoms. The summed E-state index contributed by atoms with van der Waals surface area (Å²) in [6.45, 7) is 3.14. The van der Waals surface area contributed by atoms with Crippen LogP contribution in [0.4, 0.5) is 5.69 Å². The summed E-state index contributed by atoms with van der Waals surface area (Å²) in [6, 6.07) is 3.34. The van der Waals surface area contributed by atoms with Gasteiger partial charge < -0.3 is 5.11 Å². The number of non-ortho nitro benzene ring substituents is 1. The largest absolute Gasteiger partial charge is 0.390 e.